The van der Waals surface area contributed by atoms with E-state index in [-0.39, 0.29) is 6.03 Å². The maximum absolute atomic E-state index is 13.0. The van der Waals surface area contributed by atoms with Crippen molar-refractivity contribution in [2.45, 2.75) is 23.5 Å². The molecule has 0 unspecified atom stereocenters. The van der Waals surface area contributed by atoms with Crippen LogP contribution in [0.1, 0.15) is 13.3 Å². The highest BCUT2D eigenvalue weighted by Gasteiger charge is 2.28. The second-order valence-electron chi connectivity index (χ2n) is 6.07. The van der Waals surface area contributed by atoms with Gasteiger partial charge in [-0.2, -0.15) is 0 Å². The van der Waals surface area contributed by atoms with Crippen LogP contribution in [0.25, 0.3) is 0 Å². The lowest BCUT2D eigenvalue weighted by molar-refractivity contribution is 0.256. The van der Waals surface area contributed by atoms with Crippen LogP contribution in [0.5, 0.6) is 17.2 Å². The van der Waals surface area contributed by atoms with Crippen LogP contribution in [0.15, 0.2) is 41.3 Å². The number of amides is 2. The number of nitrogens with zero attached hydrogens (tertiary/aromatic N) is 1. The summed E-state index contributed by atoms with van der Waals surface area (Å²) < 4.78 is 16.1. The molecule has 2 aromatic carbocycles. The van der Waals surface area contributed by atoms with Gasteiger partial charge in [-0.15, -0.1) is 11.8 Å². The Morgan fingerprint density at radius 1 is 1.15 bits per heavy atom. The zero-order valence-electron chi connectivity index (χ0n) is 15.9. The molecule has 1 atom stereocenters. The van der Waals surface area contributed by atoms with Crippen molar-refractivity contribution in [3.05, 3.63) is 36.4 Å². The highest BCUT2D eigenvalue weighted by Crippen LogP contribution is 2.41. The highest BCUT2D eigenvalue weighted by atomic mass is 32.2. The van der Waals surface area contributed by atoms with E-state index >= 15 is 0 Å². The fourth-order valence-corrected chi connectivity index (χ4v) is 4.25. The molecule has 1 aliphatic heterocycles. The molecule has 0 fully saturated rings. The highest BCUT2D eigenvalue weighted by molar-refractivity contribution is 8.00. The normalized spacial score (nSPS) is 15.7. The predicted octanol–water partition coefficient (Wildman–Crippen LogP) is 4.64. The first-order valence-corrected chi connectivity index (χ1v) is 9.63. The number of hydrogen-bond donors (Lipinski definition) is 1. The molecule has 27 heavy (non-hydrogen) atoms. The van der Waals surface area contributed by atoms with Crippen LogP contribution >= 0.6 is 11.8 Å². The molecule has 0 radical (unpaired) electrons. The summed E-state index contributed by atoms with van der Waals surface area (Å²) in [6.07, 6.45) is 0.993. The van der Waals surface area contributed by atoms with Crippen molar-refractivity contribution in [1.29, 1.82) is 0 Å². The second-order valence-corrected chi connectivity index (χ2v) is 7.41. The molecule has 0 aliphatic carbocycles. The molecule has 0 aromatic heterocycles. The van der Waals surface area contributed by atoms with Crippen LogP contribution in [0.4, 0.5) is 16.2 Å². The zero-order chi connectivity index (χ0) is 19.4. The van der Waals surface area contributed by atoms with E-state index in [1.54, 1.807) is 38.4 Å². The largest absolute Gasteiger partial charge is 0.493 e. The van der Waals surface area contributed by atoms with E-state index in [1.807, 2.05) is 30.0 Å². The summed E-state index contributed by atoms with van der Waals surface area (Å²) in [7, 11) is 4.64. The summed E-state index contributed by atoms with van der Waals surface area (Å²) >= 11 is 1.82. The lowest BCUT2D eigenvalue weighted by atomic mass is 10.2. The van der Waals surface area contributed by atoms with Gasteiger partial charge in [0.05, 0.1) is 32.7 Å². The summed E-state index contributed by atoms with van der Waals surface area (Å²) in [6.45, 7) is 2.80. The number of carbonyl (C=O) groups is 1. The number of thioether (sulfide) groups is 1. The molecule has 0 bridgehead atoms. The van der Waals surface area contributed by atoms with Gasteiger partial charge in [-0.1, -0.05) is 19.1 Å². The molecule has 2 aromatic rings. The maximum Gasteiger partial charge on any atom is 0.326 e. The number of urea groups is 1. The topological polar surface area (TPSA) is 60.0 Å². The maximum atomic E-state index is 13.0. The van der Waals surface area contributed by atoms with E-state index < -0.39 is 0 Å². The molecule has 6 nitrogen and oxygen atoms in total. The molecule has 3 rings (SSSR count). The van der Waals surface area contributed by atoms with Crippen LogP contribution in [-0.4, -0.2) is 39.2 Å². The zero-order valence-corrected chi connectivity index (χ0v) is 16.8. The smallest absolute Gasteiger partial charge is 0.326 e. The first-order valence-electron chi connectivity index (χ1n) is 8.75. The number of carbonyl (C=O) groups excluding carboxylic acids is 1. The number of fused-ring (bicyclic) bond motifs is 1. The number of methoxy groups -OCH3 is 3. The van der Waals surface area contributed by atoms with Gasteiger partial charge in [0.2, 0.25) is 5.75 Å². The third kappa shape index (κ3) is 3.93. The third-order valence-corrected chi connectivity index (χ3v) is 5.87. The molecule has 1 N–H and O–H groups in total. The molecule has 7 heteroatoms. The quantitative estimate of drug-likeness (QED) is 0.809. The van der Waals surface area contributed by atoms with Crippen LogP contribution in [-0.2, 0) is 0 Å². The Labute approximate surface area is 163 Å². The first kappa shape index (κ1) is 19.2. The standard InChI is InChI=1S/C20H24N2O4S/c1-5-14-12-22(15-8-6-7-9-18(15)27-14)20(23)21-13-10-16(24-2)19(26-4)17(11-13)25-3/h6-11,14H,5,12H2,1-4H3,(H,21,23)/t14-/m1/s1. The van der Waals surface area contributed by atoms with Gasteiger partial charge in [0, 0.05) is 28.8 Å². The number of nitrogens with one attached hydrogen (secondary N) is 1. The van der Waals surface area contributed by atoms with E-state index in [2.05, 4.69) is 18.3 Å². The Morgan fingerprint density at radius 2 is 1.81 bits per heavy atom. The van der Waals surface area contributed by atoms with Gasteiger partial charge in [0.1, 0.15) is 0 Å². The van der Waals surface area contributed by atoms with Gasteiger partial charge in [-0.05, 0) is 18.6 Å². The van der Waals surface area contributed by atoms with E-state index in [4.69, 9.17) is 14.2 Å². The van der Waals surface area contributed by atoms with Crippen molar-refractivity contribution >= 4 is 29.2 Å². The molecular formula is C20H24N2O4S. The van der Waals surface area contributed by atoms with E-state index in [0.29, 0.717) is 34.7 Å². The average molecular weight is 388 g/mol. The molecule has 1 aliphatic rings. The van der Waals surface area contributed by atoms with Crippen molar-refractivity contribution in [3.63, 3.8) is 0 Å². The number of rotatable bonds is 5. The summed E-state index contributed by atoms with van der Waals surface area (Å²) in [4.78, 5) is 16.0. The first-order chi connectivity index (χ1) is 13.1. The van der Waals surface area contributed by atoms with Gasteiger partial charge in [0.25, 0.3) is 0 Å². The van der Waals surface area contributed by atoms with Gasteiger partial charge in [-0.25, -0.2) is 4.79 Å². The van der Waals surface area contributed by atoms with Crippen molar-refractivity contribution in [2.24, 2.45) is 0 Å². The molecule has 1 heterocycles. The van der Waals surface area contributed by atoms with Crippen LogP contribution < -0.4 is 24.4 Å². The Hall–Kier alpha value is -2.54. The van der Waals surface area contributed by atoms with Crippen molar-refractivity contribution in [3.8, 4) is 17.2 Å². The van der Waals surface area contributed by atoms with Crippen LogP contribution in [0, 0.1) is 0 Å². The lowest BCUT2D eigenvalue weighted by Gasteiger charge is -2.33. The SMILES string of the molecule is CC[C@@H]1CN(C(=O)Nc2cc(OC)c(OC)c(OC)c2)c2ccccc2S1. The lowest BCUT2D eigenvalue weighted by Crippen LogP contribution is -2.41. The number of hydrogen-bond acceptors (Lipinski definition) is 5. The molecule has 144 valence electrons. The molecule has 2 amide bonds. The number of anilines is 2. The third-order valence-electron chi connectivity index (χ3n) is 4.45. The minimum atomic E-state index is -0.185. The predicted molar refractivity (Wildman–Crippen MR) is 109 cm³/mol. The summed E-state index contributed by atoms with van der Waals surface area (Å²) in [5.74, 6) is 1.48. The van der Waals surface area contributed by atoms with E-state index in [9.17, 15) is 4.79 Å². The average Bonchev–Trinajstić information content (AvgIpc) is 2.71. The van der Waals surface area contributed by atoms with Gasteiger partial charge < -0.3 is 19.5 Å². The molecule has 0 saturated heterocycles. The summed E-state index contributed by atoms with van der Waals surface area (Å²) in [5.41, 5.74) is 1.51. The Morgan fingerprint density at radius 3 is 2.41 bits per heavy atom. The van der Waals surface area contributed by atoms with Gasteiger partial charge in [-0.3, -0.25) is 4.90 Å². The van der Waals surface area contributed by atoms with E-state index in [1.165, 1.54) is 0 Å². The number of benzene rings is 2. The van der Waals surface area contributed by atoms with E-state index in [0.717, 1.165) is 17.0 Å². The fraction of sp³-hybridized carbons (Fsp3) is 0.350. The van der Waals surface area contributed by atoms with Crippen molar-refractivity contribution in [1.82, 2.24) is 0 Å². The van der Waals surface area contributed by atoms with Crippen LogP contribution in [0.3, 0.4) is 0 Å². The molecule has 0 spiro atoms. The van der Waals surface area contributed by atoms with Crippen molar-refractivity contribution in [2.75, 3.05) is 38.1 Å². The minimum Gasteiger partial charge on any atom is -0.493 e. The number of ether oxygens (including phenoxy) is 3. The fourth-order valence-electron chi connectivity index (χ4n) is 3.05. The molecular weight excluding hydrogens is 364 g/mol. The summed E-state index contributed by atoms with van der Waals surface area (Å²) in [5, 5.41) is 3.33. The second kappa shape index (κ2) is 8.43. The van der Waals surface area contributed by atoms with Gasteiger partial charge in [0.15, 0.2) is 11.5 Å². The summed E-state index contributed by atoms with van der Waals surface area (Å²) in [6, 6.07) is 11.2. The Kier molecular flexibility index (Phi) is 6.01. The minimum absolute atomic E-state index is 0.185. The van der Waals surface area contributed by atoms with Gasteiger partial charge >= 0.3 is 6.03 Å². The monoisotopic (exact) mass is 388 g/mol. The Balaban J connectivity index is 1.89. The Bertz CT molecular complexity index is 802. The van der Waals surface area contributed by atoms with Crippen molar-refractivity contribution < 1.29 is 19.0 Å². The van der Waals surface area contributed by atoms with Crippen LogP contribution in [0.2, 0.25) is 0 Å². The molecule has 0 saturated carbocycles. The number of para-hydroxylation sites is 1.